The van der Waals surface area contributed by atoms with Gasteiger partial charge < -0.3 is 0 Å². The van der Waals surface area contributed by atoms with Crippen LogP contribution in [0.15, 0.2) is 23.3 Å². The minimum Gasteiger partial charge on any atom is -0.0811 e. The lowest BCUT2D eigenvalue weighted by Crippen LogP contribution is -2.13. The minimum atomic E-state index is 0.793. The van der Waals surface area contributed by atoms with Crippen molar-refractivity contribution in [1.82, 2.24) is 0 Å². The van der Waals surface area contributed by atoms with E-state index in [-0.39, 0.29) is 0 Å². The van der Waals surface area contributed by atoms with Crippen molar-refractivity contribution in [2.75, 3.05) is 0 Å². The van der Waals surface area contributed by atoms with Crippen molar-refractivity contribution in [3.05, 3.63) is 23.3 Å². The molecule has 2 atom stereocenters. The summed E-state index contributed by atoms with van der Waals surface area (Å²) in [5, 5.41) is 0. The van der Waals surface area contributed by atoms with Crippen LogP contribution in [0.1, 0.15) is 52.4 Å². The second kappa shape index (κ2) is 4.33. The zero-order valence-electron chi connectivity index (χ0n) is 9.55. The summed E-state index contributed by atoms with van der Waals surface area (Å²) in [7, 11) is 0. The van der Waals surface area contributed by atoms with Gasteiger partial charge in [0.05, 0.1) is 0 Å². The average molecular weight is 190 g/mol. The van der Waals surface area contributed by atoms with Crippen LogP contribution in [0, 0.1) is 11.8 Å². The first-order chi connectivity index (χ1) is 6.77. The maximum atomic E-state index is 2.53. The van der Waals surface area contributed by atoms with Gasteiger partial charge >= 0.3 is 0 Å². The Morgan fingerprint density at radius 3 is 2.57 bits per heavy atom. The van der Waals surface area contributed by atoms with Gasteiger partial charge in [-0.2, -0.15) is 0 Å². The summed E-state index contributed by atoms with van der Waals surface area (Å²) in [4.78, 5) is 0. The van der Waals surface area contributed by atoms with Crippen molar-refractivity contribution in [3.8, 4) is 0 Å². The van der Waals surface area contributed by atoms with E-state index >= 15 is 0 Å². The molecular formula is C14H22. The Morgan fingerprint density at radius 2 is 1.93 bits per heavy atom. The molecule has 0 radical (unpaired) electrons. The number of allylic oxidation sites excluding steroid dienone is 4. The van der Waals surface area contributed by atoms with E-state index in [0.29, 0.717) is 0 Å². The molecule has 0 saturated carbocycles. The van der Waals surface area contributed by atoms with Crippen LogP contribution >= 0.6 is 0 Å². The molecule has 0 aromatic carbocycles. The monoisotopic (exact) mass is 190 g/mol. The zero-order chi connectivity index (χ0) is 9.97. The van der Waals surface area contributed by atoms with Crippen LogP contribution in [0.3, 0.4) is 0 Å². The molecule has 0 spiro atoms. The SMILES string of the molecule is CC1C=C(C2=CCCCC2)CCC1C. The molecule has 2 aliphatic carbocycles. The standard InChI is InChI=1S/C14H22/c1-11-8-9-14(10-12(11)2)13-6-4-3-5-7-13/h6,10-12H,3-5,7-9H2,1-2H3. The van der Waals surface area contributed by atoms with Crippen molar-refractivity contribution in [2.24, 2.45) is 11.8 Å². The van der Waals surface area contributed by atoms with E-state index in [4.69, 9.17) is 0 Å². The van der Waals surface area contributed by atoms with Gasteiger partial charge in [-0.25, -0.2) is 0 Å². The molecule has 78 valence electrons. The third-order valence-electron chi connectivity index (χ3n) is 3.93. The summed E-state index contributed by atoms with van der Waals surface area (Å²) < 4.78 is 0. The second-order valence-corrected chi connectivity index (χ2v) is 5.04. The van der Waals surface area contributed by atoms with Gasteiger partial charge in [-0.05, 0) is 61.5 Å². The lowest BCUT2D eigenvalue weighted by molar-refractivity contribution is 0.404. The van der Waals surface area contributed by atoms with Crippen LogP contribution in [0.5, 0.6) is 0 Å². The molecule has 0 heterocycles. The summed E-state index contributed by atoms with van der Waals surface area (Å²) in [5.74, 6) is 1.68. The molecule has 14 heavy (non-hydrogen) atoms. The van der Waals surface area contributed by atoms with Crippen LogP contribution < -0.4 is 0 Å². The fourth-order valence-corrected chi connectivity index (χ4v) is 2.61. The van der Waals surface area contributed by atoms with Gasteiger partial charge in [0.25, 0.3) is 0 Å². The van der Waals surface area contributed by atoms with Gasteiger partial charge in [-0.15, -0.1) is 0 Å². The van der Waals surface area contributed by atoms with Gasteiger partial charge in [0.2, 0.25) is 0 Å². The Kier molecular flexibility index (Phi) is 3.10. The van der Waals surface area contributed by atoms with E-state index in [1.807, 2.05) is 0 Å². The largest absolute Gasteiger partial charge is 0.0811 e. The predicted octanol–water partition coefficient (Wildman–Crippen LogP) is 4.48. The minimum absolute atomic E-state index is 0.793. The van der Waals surface area contributed by atoms with Crippen molar-refractivity contribution < 1.29 is 0 Å². The summed E-state index contributed by atoms with van der Waals surface area (Å²) in [6.45, 7) is 4.75. The second-order valence-electron chi connectivity index (χ2n) is 5.04. The summed E-state index contributed by atoms with van der Waals surface area (Å²) in [6.07, 6.45) is 13.2. The highest BCUT2D eigenvalue weighted by atomic mass is 14.2. The molecule has 0 aromatic heterocycles. The number of hydrogen-bond donors (Lipinski definition) is 0. The quantitative estimate of drug-likeness (QED) is 0.572. The molecule has 2 rings (SSSR count). The maximum Gasteiger partial charge on any atom is -0.0230 e. The van der Waals surface area contributed by atoms with Gasteiger partial charge in [0.1, 0.15) is 0 Å². The molecular weight excluding hydrogens is 168 g/mol. The summed E-state index contributed by atoms with van der Waals surface area (Å²) in [6, 6.07) is 0. The normalized spacial score (nSPS) is 33.6. The van der Waals surface area contributed by atoms with Gasteiger partial charge in [-0.1, -0.05) is 26.0 Å². The Hall–Kier alpha value is -0.520. The van der Waals surface area contributed by atoms with Crippen molar-refractivity contribution in [3.63, 3.8) is 0 Å². The van der Waals surface area contributed by atoms with Crippen LogP contribution in [0.25, 0.3) is 0 Å². The molecule has 0 heteroatoms. The first kappa shape index (κ1) is 10.0. The fraction of sp³-hybridized carbons (Fsp3) is 0.714. The Bertz CT molecular complexity index is 257. The number of rotatable bonds is 1. The van der Waals surface area contributed by atoms with Gasteiger partial charge in [-0.3, -0.25) is 0 Å². The molecule has 0 fully saturated rings. The smallest absolute Gasteiger partial charge is 0.0230 e. The summed E-state index contributed by atoms with van der Waals surface area (Å²) >= 11 is 0. The van der Waals surface area contributed by atoms with Crippen molar-refractivity contribution >= 4 is 0 Å². The molecule has 0 N–H and O–H groups in total. The van der Waals surface area contributed by atoms with Gasteiger partial charge in [0.15, 0.2) is 0 Å². The van der Waals surface area contributed by atoms with Crippen LogP contribution in [0.2, 0.25) is 0 Å². The number of hydrogen-bond acceptors (Lipinski definition) is 0. The fourth-order valence-electron chi connectivity index (χ4n) is 2.61. The van der Waals surface area contributed by atoms with Crippen LogP contribution in [-0.2, 0) is 0 Å². The van der Waals surface area contributed by atoms with E-state index < -0.39 is 0 Å². The third-order valence-corrected chi connectivity index (χ3v) is 3.93. The molecule has 0 aliphatic heterocycles. The first-order valence-electron chi connectivity index (χ1n) is 6.17. The molecule has 0 saturated heterocycles. The predicted molar refractivity (Wildman–Crippen MR) is 62.2 cm³/mol. The molecule has 2 unspecified atom stereocenters. The maximum absolute atomic E-state index is 2.53. The lowest BCUT2D eigenvalue weighted by atomic mass is 9.79. The van der Waals surface area contributed by atoms with Crippen LogP contribution in [0.4, 0.5) is 0 Å². The summed E-state index contributed by atoms with van der Waals surface area (Å²) in [5.41, 5.74) is 3.35. The highest BCUT2D eigenvalue weighted by molar-refractivity contribution is 5.33. The Morgan fingerprint density at radius 1 is 1.07 bits per heavy atom. The molecule has 0 amide bonds. The highest BCUT2D eigenvalue weighted by Gasteiger charge is 2.19. The Labute approximate surface area is 88.1 Å². The molecule has 0 aromatic rings. The van der Waals surface area contributed by atoms with E-state index in [9.17, 15) is 0 Å². The van der Waals surface area contributed by atoms with Crippen molar-refractivity contribution in [1.29, 1.82) is 0 Å². The zero-order valence-corrected chi connectivity index (χ0v) is 9.55. The third kappa shape index (κ3) is 2.10. The van der Waals surface area contributed by atoms with E-state index in [0.717, 1.165) is 11.8 Å². The lowest BCUT2D eigenvalue weighted by Gasteiger charge is -2.27. The highest BCUT2D eigenvalue weighted by Crippen LogP contribution is 2.34. The van der Waals surface area contributed by atoms with E-state index in [2.05, 4.69) is 26.0 Å². The van der Waals surface area contributed by atoms with E-state index in [1.54, 1.807) is 11.1 Å². The average Bonchev–Trinajstić information content (AvgIpc) is 2.23. The Balaban J connectivity index is 2.10. The molecule has 2 aliphatic rings. The topological polar surface area (TPSA) is 0 Å². The molecule has 0 bridgehead atoms. The van der Waals surface area contributed by atoms with E-state index in [1.165, 1.54) is 38.5 Å². The first-order valence-corrected chi connectivity index (χ1v) is 6.17. The van der Waals surface area contributed by atoms with Crippen LogP contribution in [-0.4, -0.2) is 0 Å². The van der Waals surface area contributed by atoms with Gasteiger partial charge in [0, 0.05) is 0 Å². The molecule has 0 nitrogen and oxygen atoms in total. The van der Waals surface area contributed by atoms with Crippen molar-refractivity contribution in [2.45, 2.75) is 52.4 Å².